The summed E-state index contributed by atoms with van der Waals surface area (Å²) in [4.78, 5) is 23.7. The van der Waals surface area contributed by atoms with Gasteiger partial charge in [-0.15, -0.1) is 0 Å². The zero-order chi connectivity index (χ0) is 15.5. The van der Waals surface area contributed by atoms with E-state index in [-0.39, 0.29) is 18.0 Å². The van der Waals surface area contributed by atoms with Crippen LogP contribution in [0.3, 0.4) is 0 Å². The Labute approximate surface area is 126 Å². The quantitative estimate of drug-likeness (QED) is 0.714. The van der Waals surface area contributed by atoms with Crippen LogP contribution in [0, 0.1) is 5.92 Å². The van der Waals surface area contributed by atoms with E-state index < -0.39 is 11.7 Å². The minimum absolute atomic E-state index is 0.00781. The highest BCUT2D eigenvalue weighted by Gasteiger charge is 2.36. The molecule has 3 N–H and O–H groups in total. The fourth-order valence-corrected chi connectivity index (χ4v) is 3.08. The second-order valence-corrected chi connectivity index (χ2v) is 6.99. The average Bonchev–Trinajstić information content (AvgIpc) is 2.40. The Bertz CT molecular complexity index is 386. The van der Waals surface area contributed by atoms with E-state index in [1.165, 1.54) is 0 Å². The Kier molecular flexibility index (Phi) is 5.08. The van der Waals surface area contributed by atoms with Crippen LogP contribution in [0.4, 0.5) is 4.79 Å². The Hall–Kier alpha value is -1.30. The highest BCUT2D eigenvalue weighted by molar-refractivity contribution is 5.78. The van der Waals surface area contributed by atoms with Crippen LogP contribution >= 0.6 is 0 Å². The monoisotopic (exact) mass is 297 g/mol. The number of rotatable bonds is 2. The molecule has 0 spiro atoms. The Morgan fingerprint density at radius 3 is 2.71 bits per heavy atom. The molecule has 0 bridgehead atoms. The normalized spacial score (nSPS) is 30.4. The number of piperidine rings is 2. The standard InChI is InChI=1S/C15H27N3O3/c1-15(2,3)21-14(20)17-11-6-7-12(19)18-13(11)10-5-4-8-16-9-10/h10-11,13,16H,4-9H2,1-3H3,(H,17,20)(H,18,19)/t10-,11-,13+/m1/s1. The van der Waals surface area contributed by atoms with E-state index in [2.05, 4.69) is 16.0 Å². The third kappa shape index (κ3) is 4.88. The van der Waals surface area contributed by atoms with Gasteiger partial charge in [0.2, 0.25) is 5.91 Å². The van der Waals surface area contributed by atoms with Crippen molar-refractivity contribution in [2.45, 2.75) is 64.1 Å². The Morgan fingerprint density at radius 1 is 1.33 bits per heavy atom. The SMILES string of the molecule is CC(C)(C)OC(=O)N[C@@H]1CCC(=O)N[C@H]1[C@@H]1CCCNC1. The molecule has 0 aliphatic carbocycles. The molecule has 0 aromatic heterocycles. The van der Waals surface area contributed by atoms with Crippen molar-refractivity contribution in [3.05, 3.63) is 0 Å². The van der Waals surface area contributed by atoms with E-state index in [4.69, 9.17) is 4.74 Å². The highest BCUT2D eigenvalue weighted by Crippen LogP contribution is 2.22. The van der Waals surface area contributed by atoms with Crippen LogP contribution < -0.4 is 16.0 Å². The van der Waals surface area contributed by atoms with E-state index in [1.807, 2.05) is 20.8 Å². The molecule has 0 radical (unpaired) electrons. The maximum absolute atomic E-state index is 12.0. The van der Waals surface area contributed by atoms with Crippen molar-refractivity contribution in [2.75, 3.05) is 13.1 Å². The molecule has 2 saturated heterocycles. The van der Waals surface area contributed by atoms with Gasteiger partial charge >= 0.3 is 6.09 Å². The van der Waals surface area contributed by atoms with E-state index in [1.54, 1.807) is 0 Å². The summed E-state index contributed by atoms with van der Waals surface area (Å²) in [6, 6.07) is -0.0611. The number of alkyl carbamates (subject to hydrolysis) is 1. The molecule has 6 heteroatoms. The van der Waals surface area contributed by atoms with Gasteiger partial charge in [-0.1, -0.05) is 0 Å². The van der Waals surface area contributed by atoms with Crippen molar-refractivity contribution in [3.63, 3.8) is 0 Å². The maximum atomic E-state index is 12.0. The zero-order valence-corrected chi connectivity index (χ0v) is 13.2. The molecule has 2 rings (SSSR count). The largest absolute Gasteiger partial charge is 0.444 e. The van der Waals surface area contributed by atoms with Gasteiger partial charge in [0.25, 0.3) is 0 Å². The fourth-order valence-electron chi connectivity index (χ4n) is 3.08. The molecule has 0 unspecified atom stereocenters. The molecule has 2 amide bonds. The van der Waals surface area contributed by atoms with Crippen LogP contribution in [0.15, 0.2) is 0 Å². The molecule has 2 heterocycles. The summed E-state index contributed by atoms with van der Waals surface area (Å²) in [5.41, 5.74) is -0.510. The second kappa shape index (κ2) is 6.64. The molecular weight excluding hydrogens is 270 g/mol. The number of nitrogens with one attached hydrogen (secondary N) is 3. The fraction of sp³-hybridized carbons (Fsp3) is 0.867. The minimum Gasteiger partial charge on any atom is -0.444 e. The zero-order valence-electron chi connectivity index (χ0n) is 13.2. The van der Waals surface area contributed by atoms with E-state index in [0.29, 0.717) is 18.8 Å². The molecule has 6 nitrogen and oxygen atoms in total. The lowest BCUT2D eigenvalue weighted by Crippen LogP contribution is -2.60. The van der Waals surface area contributed by atoms with Crippen molar-refractivity contribution in [2.24, 2.45) is 5.92 Å². The Balaban J connectivity index is 1.97. The lowest BCUT2D eigenvalue weighted by Gasteiger charge is -2.39. The van der Waals surface area contributed by atoms with Gasteiger partial charge in [0.1, 0.15) is 5.60 Å². The van der Waals surface area contributed by atoms with Gasteiger partial charge in [0.05, 0.1) is 12.1 Å². The predicted octanol–water partition coefficient (Wildman–Crippen LogP) is 1.16. The average molecular weight is 297 g/mol. The number of carbonyl (C=O) groups excluding carboxylic acids is 2. The van der Waals surface area contributed by atoms with Gasteiger partial charge in [-0.25, -0.2) is 4.79 Å². The summed E-state index contributed by atoms with van der Waals surface area (Å²) in [5, 5.41) is 9.36. The number of carbonyl (C=O) groups is 2. The molecule has 2 aliphatic heterocycles. The predicted molar refractivity (Wildman–Crippen MR) is 79.9 cm³/mol. The smallest absolute Gasteiger partial charge is 0.407 e. The van der Waals surface area contributed by atoms with Crippen molar-refractivity contribution in [1.29, 1.82) is 0 Å². The van der Waals surface area contributed by atoms with Gasteiger partial charge in [0, 0.05) is 6.42 Å². The molecule has 2 aliphatic rings. The third-order valence-electron chi connectivity index (χ3n) is 3.99. The van der Waals surface area contributed by atoms with Crippen LogP contribution in [0.5, 0.6) is 0 Å². The number of hydrogen-bond acceptors (Lipinski definition) is 4. The summed E-state index contributed by atoms with van der Waals surface area (Å²) in [7, 11) is 0. The molecular formula is C15H27N3O3. The van der Waals surface area contributed by atoms with Crippen LogP contribution in [0.1, 0.15) is 46.5 Å². The van der Waals surface area contributed by atoms with E-state index >= 15 is 0 Å². The number of ether oxygens (including phenoxy) is 1. The molecule has 21 heavy (non-hydrogen) atoms. The summed E-state index contributed by atoms with van der Waals surface area (Å²) in [6.07, 6.45) is 2.90. The Morgan fingerprint density at radius 2 is 2.10 bits per heavy atom. The highest BCUT2D eigenvalue weighted by atomic mass is 16.6. The summed E-state index contributed by atoms with van der Waals surface area (Å²) in [6.45, 7) is 7.45. The van der Waals surface area contributed by atoms with Crippen LogP contribution in [-0.4, -0.2) is 42.8 Å². The van der Waals surface area contributed by atoms with Gasteiger partial charge in [0.15, 0.2) is 0 Å². The second-order valence-electron chi connectivity index (χ2n) is 6.99. The summed E-state index contributed by atoms with van der Waals surface area (Å²) >= 11 is 0. The topological polar surface area (TPSA) is 79.5 Å². The molecule has 0 saturated carbocycles. The lowest BCUT2D eigenvalue weighted by molar-refractivity contribution is -0.124. The van der Waals surface area contributed by atoms with Crippen LogP contribution in [-0.2, 0) is 9.53 Å². The molecule has 3 atom stereocenters. The first kappa shape index (κ1) is 16.1. The van der Waals surface area contributed by atoms with Gasteiger partial charge in [-0.3, -0.25) is 4.79 Å². The molecule has 0 aromatic carbocycles. The summed E-state index contributed by atoms with van der Waals surface area (Å²) < 4.78 is 5.32. The first-order valence-corrected chi connectivity index (χ1v) is 7.85. The minimum atomic E-state index is -0.510. The first-order valence-electron chi connectivity index (χ1n) is 7.85. The molecule has 2 fully saturated rings. The van der Waals surface area contributed by atoms with Crippen molar-refractivity contribution in [3.8, 4) is 0 Å². The number of amides is 2. The van der Waals surface area contributed by atoms with Crippen molar-refractivity contribution < 1.29 is 14.3 Å². The lowest BCUT2D eigenvalue weighted by atomic mass is 9.83. The number of hydrogen-bond donors (Lipinski definition) is 3. The summed E-state index contributed by atoms with van der Waals surface area (Å²) in [5.74, 6) is 0.441. The first-order chi connectivity index (χ1) is 9.85. The van der Waals surface area contributed by atoms with Crippen molar-refractivity contribution >= 4 is 12.0 Å². The van der Waals surface area contributed by atoms with Gasteiger partial charge < -0.3 is 20.7 Å². The molecule has 120 valence electrons. The third-order valence-corrected chi connectivity index (χ3v) is 3.99. The maximum Gasteiger partial charge on any atom is 0.407 e. The van der Waals surface area contributed by atoms with E-state index in [9.17, 15) is 9.59 Å². The van der Waals surface area contributed by atoms with Crippen LogP contribution in [0.2, 0.25) is 0 Å². The van der Waals surface area contributed by atoms with Crippen LogP contribution in [0.25, 0.3) is 0 Å². The van der Waals surface area contributed by atoms with Gasteiger partial charge in [-0.05, 0) is 59.0 Å². The van der Waals surface area contributed by atoms with Gasteiger partial charge in [-0.2, -0.15) is 0 Å². The van der Waals surface area contributed by atoms with E-state index in [0.717, 1.165) is 25.9 Å². The molecule has 0 aromatic rings. The van der Waals surface area contributed by atoms with Crippen molar-refractivity contribution in [1.82, 2.24) is 16.0 Å².